The molecule has 1 fully saturated rings. The lowest BCUT2D eigenvalue weighted by Crippen LogP contribution is -2.13. The zero-order valence-corrected chi connectivity index (χ0v) is 13.0. The Balaban J connectivity index is 0.000000861. The van der Waals surface area contributed by atoms with Crippen molar-refractivity contribution in [3.8, 4) is 0 Å². The number of halogens is 1. The second kappa shape index (κ2) is 7.07. The van der Waals surface area contributed by atoms with Crippen molar-refractivity contribution in [1.29, 1.82) is 0 Å². The third-order valence-corrected chi connectivity index (χ3v) is 4.62. The van der Waals surface area contributed by atoms with E-state index in [1.165, 1.54) is 30.4 Å². The number of fused-ring (bicyclic) bond motifs is 1. The molecule has 0 heterocycles. The lowest BCUT2D eigenvalue weighted by atomic mass is 9.81. The van der Waals surface area contributed by atoms with Crippen molar-refractivity contribution in [3.05, 3.63) is 36.5 Å². The molecule has 0 saturated heterocycles. The molecule has 0 bridgehead atoms. The summed E-state index contributed by atoms with van der Waals surface area (Å²) in [6.45, 7) is 15.5. The Morgan fingerprint density at radius 1 is 1.21 bits per heavy atom. The molecule has 0 radical (unpaired) electrons. The Morgan fingerprint density at radius 2 is 1.84 bits per heavy atom. The van der Waals surface area contributed by atoms with E-state index in [0.29, 0.717) is 24.9 Å². The first kappa shape index (κ1) is 16.2. The third-order valence-electron chi connectivity index (χ3n) is 4.62. The summed E-state index contributed by atoms with van der Waals surface area (Å²) in [7, 11) is 0.500. The lowest BCUT2D eigenvalue weighted by molar-refractivity contribution is 0.381. The van der Waals surface area contributed by atoms with Crippen molar-refractivity contribution in [2.24, 2.45) is 29.6 Å². The average Bonchev–Trinajstić information content (AvgIpc) is 3.13. The summed E-state index contributed by atoms with van der Waals surface area (Å²) < 4.78 is 9.50. The second-order valence-electron chi connectivity index (χ2n) is 6.44. The molecule has 108 valence electrons. The maximum atomic E-state index is 9.50. The fraction of sp³-hybridized carbons (Fsp3) is 0.667. The molecule has 0 amide bonds. The first-order valence-electron chi connectivity index (χ1n) is 7.41. The Hall–Kier alpha value is -0.850. The zero-order valence-electron chi connectivity index (χ0n) is 13.0. The molecule has 4 unspecified atom stereocenters. The number of rotatable bonds is 1. The zero-order chi connectivity index (χ0) is 14.6. The van der Waals surface area contributed by atoms with Crippen LogP contribution in [-0.2, 0) is 0 Å². The minimum atomic E-state index is 0.500. The van der Waals surface area contributed by atoms with E-state index in [2.05, 4.69) is 46.1 Å². The molecule has 2 aliphatic carbocycles. The van der Waals surface area contributed by atoms with E-state index < -0.39 is 0 Å². The Kier molecular flexibility index (Phi) is 6.03. The van der Waals surface area contributed by atoms with Crippen molar-refractivity contribution >= 4 is 0 Å². The summed E-state index contributed by atoms with van der Waals surface area (Å²) in [6, 6.07) is 0. The van der Waals surface area contributed by atoms with E-state index in [0.717, 1.165) is 11.8 Å². The molecule has 2 aliphatic rings. The van der Waals surface area contributed by atoms with Gasteiger partial charge in [-0.25, -0.2) is 0 Å². The molecule has 0 spiro atoms. The molecule has 0 aliphatic heterocycles. The van der Waals surface area contributed by atoms with E-state index in [9.17, 15) is 4.39 Å². The van der Waals surface area contributed by atoms with Gasteiger partial charge in [-0.05, 0) is 48.9 Å². The monoisotopic (exact) mass is 264 g/mol. The molecule has 0 N–H and O–H groups in total. The van der Waals surface area contributed by atoms with Gasteiger partial charge in [-0.2, -0.15) is 0 Å². The maximum Gasteiger partial charge on any atom is 0.0785 e. The van der Waals surface area contributed by atoms with Crippen LogP contribution in [0.1, 0.15) is 40.0 Å². The van der Waals surface area contributed by atoms with Crippen LogP contribution in [0.5, 0.6) is 0 Å². The van der Waals surface area contributed by atoms with Crippen LogP contribution in [0.2, 0.25) is 0 Å². The fourth-order valence-corrected chi connectivity index (χ4v) is 3.09. The van der Waals surface area contributed by atoms with Gasteiger partial charge in [0, 0.05) is 0 Å². The molecular weight excluding hydrogens is 235 g/mol. The molecule has 1 saturated carbocycles. The van der Waals surface area contributed by atoms with Gasteiger partial charge in [0.25, 0.3) is 0 Å². The highest BCUT2D eigenvalue weighted by Crippen LogP contribution is 2.50. The number of hydrogen-bond donors (Lipinski definition) is 0. The van der Waals surface area contributed by atoms with Crippen LogP contribution in [0, 0.1) is 29.6 Å². The molecule has 1 heteroatoms. The Morgan fingerprint density at radius 3 is 2.42 bits per heavy atom. The van der Waals surface area contributed by atoms with Crippen LogP contribution in [0.4, 0.5) is 4.39 Å². The highest BCUT2D eigenvalue weighted by atomic mass is 19.1. The summed E-state index contributed by atoms with van der Waals surface area (Å²) in [4.78, 5) is 0. The van der Waals surface area contributed by atoms with Crippen LogP contribution < -0.4 is 0 Å². The predicted octanol–water partition coefficient (Wildman–Crippen LogP) is 5.58. The van der Waals surface area contributed by atoms with Crippen molar-refractivity contribution in [1.82, 2.24) is 0 Å². The van der Waals surface area contributed by atoms with Crippen LogP contribution in [0.25, 0.3) is 0 Å². The predicted molar refractivity (Wildman–Crippen MR) is 82.8 cm³/mol. The van der Waals surface area contributed by atoms with Gasteiger partial charge in [0.15, 0.2) is 0 Å². The van der Waals surface area contributed by atoms with Gasteiger partial charge >= 0.3 is 0 Å². The largest absolute Gasteiger partial charge is 0.255 e. The van der Waals surface area contributed by atoms with Gasteiger partial charge in [-0.3, -0.25) is 4.39 Å². The minimum absolute atomic E-state index is 0.500. The normalized spacial score (nSPS) is 36.1. The Bertz CT molecular complexity index is 351. The molecule has 4 atom stereocenters. The van der Waals surface area contributed by atoms with Gasteiger partial charge < -0.3 is 0 Å². The molecule has 0 aromatic carbocycles. The highest BCUT2D eigenvalue weighted by molar-refractivity contribution is 5.23. The van der Waals surface area contributed by atoms with E-state index in [-0.39, 0.29) is 0 Å². The summed E-state index contributed by atoms with van der Waals surface area (Å²) in [5.41, 5.74) is 2.81. The topological polar surface area (TPSA) is 0 Å². The lowest BCUT2D eigenvalue weighted by Gasteiger charge is -2.24. The summed E-state index contributed by atoms with van der Waals surface area (Å²) in [6.07, 6.45) is 8.45. The molecular formula is C18H29F. The van der Waals surface area contributed by atoms with Crippen molar-refractivity contribution in [2.75, 3.05) is 7.18 Å². The SMILES string of the molecule is C=C1/C=C/C(C(C)C)CC(C)C(=C)C2CC2C1.CF. The van der Waals surface area contributed by atoms with Crippen molar-refractivity contribution < 1.29 is 4.39 Å². The van der Waals surface area contributed by atoms with Crippen molar-refractivity contribution in [3.63, 3.8) is 0 Å². The summed E-state index contributed by atoms with van der Waals surface area (Å²) >= 11 is 0. The molecule has 2 rings (SSSR count). The standard InChI is InChI=1S/C17H26.CH3F/c1-11(2)15-7-6-12(3)8-16-10-17(16)14(5)13(4)9-15;1-2/h6-7,11,13,15-17H,3,5,8-10H2,1-2,4H3;1H3/b7-6+;. The number of hydrogen-bond acceptors (Lipinski definition) is 0. The summed E-state index contributed by atoms with van der Waals surface area (Å²) in [5.74, 6) is 3.70. The first-order valence-corrected chi connectivity index (χ1v) is 7.41. The third kappa shape index (κ3) is 4.33. The van der Waals surface area contributed by atoms with E-state index in [1.54, 1.807) is 0 Å². The smallest absolute Gasteiger partial charge is 0.0785 e. The number of allylic oxidation sites excluding steroid dienone is 4. The van der Waals surface area contributed by atoms with E-state index >= 15 is 0 Å². The van der Waals surface area contributed by atoms with E-state index in [4.69, 9.17) is 0 Å². The Labute approximate surface area is 118 Å². The first-order chi connectivity index (χ1) is 8.99. The fourth-order valence-electron chi connectivity index (χ4n) is 3.09. The maximum absolute atomic E-state index is 9.50. The quantitative estimate of drug-likeness (QED) is 0.542. The minimum Gasteiger partial charge on any atom is -0.255 e. The van der Waals surface area contributed by atoms with Gasteiger partial charge in [0.1, 0.15) is 0 Å². The van der Waals surface area contributed by atoms with Crippen LogP contribution >= 0.6 is 0 Å². The molecule has 0 nitrogen and oxygen atoms in total. The molecule has 19 heavy (non-hydrogen) atoms. The van der Waals surface area contributed by atoms with Gasteiger partial charge in [0.2, 0.25) is 0 Å². The number of alkyl halides is 1. The summed E-state index contributed by atoms with van der Waals surface area (Å²) in [5, 5.41) is 0. The van der Waals surface area contributed by atoms with Crippen LogP contribution in [0.15, 0.2) is 36.5 Å². The van der Waals surface area contributed by atoms with Crippen LogP contribution in [-0.4, -0.2) is 7.18 Å². The van der Waals surface area contributed by atoms with Gasteiger partial charge in [0.05, 0.1) is 7.18 Å². The molecule has 0 aromatic heterocycles. The van der Waals surface area contributed by atoms with Crippen LogP contribution in [0.3, 0.4) is 0 Å². The highest BCUT2D eigenvalue weighted by Gasteiger charge is 2.40. The van der Waals surface area contributed by atoms with Crippen molar-refractivity contribution in [2.45, 2.75) is 40.0 Å². The second-order valence-corrected chi connectivity index (χ2v) is 6.44. The van der Waals surface area contributed by atoms with E-state index in [1.807, 2.05) is 0 Å². The average molecular weight is 264 g/mol. The van der Waals surface area contributed by atoms with Gasteiger partial charge in [-0.15, -0.1) is 0 Å². The molecule has 0 aromatic rings. The van der Waals surface area contributed by atoms with Gasteiger partial charge in [-0.1, -0.05) is 57.2 Å².